The number of aliphatic carboxylic acids is 1. The van der Waals surface area contributed by atoms with Crippen molar-refractivity contribution >= 4 is 5.97 Å². The van der Waals surface area contributed by atoms with E-state index in [1.54, 1.807) is 0 Å². The Morgan fingerprint density at radius 2 is 2.06 bits per heavy atom. The number of hydrogen-bond acceptors (Lipinski definition) is 2. The van der Waals surface area contributed by atoms with Crippen LogP contribution in [0, 0.1) is 12.3 Å². The first kappa shape index (κ1) is 12.7. The summed E-state index contributed by atoms with van der Waals surface area (Å²) in [7, 11) is 0. The summed E-state index contributed by atoms with van der Waals surface area (Å²) in [6.07, 6.45) is 1.05. The highest BCUT2D eigenvalue weighted by Crippen LogP contribution is 2.27. The van der Waals surface area contributed by atoms with Gasteiger partial charge in [-0.15, -0.1) is 0 Å². The smallest absolute Gasteiger partial charge is 0.311 e. The summed E-state index contributed by atoms with van der Waals surface area (Å²) in [6, 6.07) is 7.85. The molecule has 0 saturated heterocycles. The number of carboxylic acids is 1. The summed E-state index contributed by atoms with van der Waals surface area (Å²) < 4.78 is 0. The molecule has 3 heteroatoms. The Morgan fingerprint density at radius 1 is 1.44 bits per heavy atom. The van der Waals surface area contributed by atoms with E-state index in [1.807, 2.05) is 38.1 Å². The topological polar surface area (TPSA) is 63.3 Å². The van der Waals surface area contributed by atoms with Gasteiger partial charge in [0.1, 0.15) is 0 Å². The summed E-state index contributed by atoms with van der Waals surface area (Å²) in [4.78, 5) is 11.3. The van der Waals surface area contributed by atoms with Crippen LogP contribution in [0.3, 0.4) is 0 Å². The maximum atomic E-state index is 11.3. The lowest BCUT2D eigenvalue weighted by atomic mass is 9.78. The first-order valence-electron chi connectivity index (χ1n) is 5.53. The van der Waals surface area contributed by atoms with Crippen molar-refractivity contribution in [1.82, 2.24) is 0 Å². The van der Waals surface area contributed by atoms with E-state index in [2.05, 4.69) is 0 Å². The predicted molar refractivity (Wildman–Crippen MR) is 64.3 cm³/mol. The summed E-state index contributed by atoms with van der Waals surface area (Å²) in [5.41, 5.74) is 7.00. The first-order valence-corrected chi connectivity index (χ1v) is 5.53. The van der Waals surface area contributed by atoms with Gasteiger partial charge in [-0.2, -0.15) is 0 Å². The standard InChI is InChI=1S/C13H19NO2/c1-3-13(9-14,12(15)16)8-11-7-5-4-6-10(11)2/h4-7H,3,8-9,14H2,1-2H3,(H,15,16). The molecule has 0 aliphatic rings. The van der Waals surface area contributed by atoms with Gasteiger partial charge >= 0.3 is 5.97 Å². The highest BCUT2D eigenvalue weighted by molar-refractivity contribution is 5.75. The minimum absolute atomic E-state index is 0.174. The summed E-state index contributed by atoms with van der Waals surface area (Å²) in [5.74, 6) is -0.805. The van der Waals surface area contributed by atoms with E-state index >= 15 is 0 Å². The van der Waals surface area contributed by atoms with E-state index in [4.69, 9.17) is 5.73 Å². The molecule has 0 saturated carbocycles. The van der Waals surface area contributed by atoms with Gasteiger partial charge in [0, 0.05) is 6.54 Å². The van der Waals surface area contributed by atoms with Gasteiger partial charge in [0.15, 0.2) is 0 Å². The van der Waals surface area contributed by atoms with Crippen LogP contribution >= 0.6 is 0 Å². The fraction of sp³-hybridized carbons (Fsp3) is 0.462. The van der Waals surface area contributed by atoms with Gasteiger partial charge in [0.05, 0.1) is 5.41 Å². The Hall–Kier alpha value is -1.35. The van der Waals surface area contributed by atoms with Crippen LogP contribution in [-0.4, -0.2) is 17.6 Å². The van der Waals surface area contributed by atoms with Crippen LogP contribution in [0.5, 0.6) is 0 Å². The number of carbonyl (C=O) groups is 1. The van der Waals surface area contributed by atoms with Crippen molar-refractivity contribution in [2.24, 2.45) is 11.1 Å². The van der Waals surface area contributed by atoms with Crippen LogP contribution < -0.4 is 5.73 Å². The number of aryl methyl sites for hydroxylation is 1. The molecule has 1 atom stereocenters. The molecule has 1 aromatic rings. The molecule has 1 unspecified atom stereocenters. The van der Waals surface area contributed by atoms with E-state index in [0.29, 0.717) is 12.8 Å². The molecule has 0 aliphatic carbocycles. The molecule has 0 heterocycles. The molecule has 1 aromatic carbocycles. The molecular formula is C13H19NO2. The van der Waals surface area contributed by atoms with Gasteiger partial charge in [0.25, 0.3) is 0 Å². The number of carboxylic acid groups (broad SMARTS) is 1. The lowest BCUT2D eigenvalue weighted by molar-refractivity contribution is -0.148. The largest absolute Gasteiger partial charge is 0.481 e. The second-order valence-electron chi connectivity index (χ2n) is 4.25. The maximum Gasteiger partial charge on any atom is 0.311 e. The molecule has 0 radical (unpaired) electrons. The Balaban J connectivity index is 3.01. The molecule has 0 fully saturated rings. The van der Waals surface area contributed by atoms with Crippen LogP contribution in [-0.2, 0) is 11.2 Å². The maximum absolute atomic E-state index is 11.3. The third kappa shape index (κ3) is 2.42. The van der Waals surface area contributed by atoms with Gasteiger partial charge < -0.3 is 10.8 Å². The van der Waals surface area contributed by atoms with Crippen molar-refractivity contribution < 1.29 is 9.90 Å². The van der Waals surface area contributed by atoms with Crippen molar-refractivity contribution in [1.29, 1.82) is 0 Å². The lowest BCUT2D eigenvalue weighted by Crippen LogP contribution is -2.40. The number of rotatable bonds is 5. The highest BCUT2D eigenvalue weighted by Gasteiger charge is 2.35. The Labute approximate surface area is 96.3 Å². The molecular weight excluding hydrogens is 202 g/mol. The van der Waals surface area contributed by atoms with Crippen LogP contribution in [0.15, 0.2) is 24.3 Å². The normalized spacial score (nSPS) is 14.4. The molecule has 0 amide bonds. The molecule has 0 bridgehead atoms. The van der Waals surface area contributed by atoms with E-state index in [0.717, 1.165) is 11.1 Å². The monoisotopic (exact) mass is 221 g/mol. The molecule has 88 valence electrons. The van der Waals surface area contributed by atoms with Gasteiger partial charge in [0.2, 0.25) is 0 Å². The minimum atomic E-state index is -0.827. The third-order valence-electron chi connectivity index (χ3n) is 3.31. The fourth-order valence-corrected chi connectivity index (χ4v) is 1.83. The quantitative estimate of drug-likeness (QED) is 0.799. The molecule has 0 aromatic heterocycles. The van der Waals surface area contributed by atoms with E-state index in [-0.39, 0.29) is 6.54 Å². The van der Waals surface area contributed by atoms with Crippen LogP contribution in [0.4, 0.5) is 0 Å². The average Bonchev–Trinajstić information content (AvgIpc) is 2.28. The van der Waals surface area contributed by atoms with Crippen molar-refractivity contribution in [2.45, 2.75) is 26.7 Å². The van der Waals surface area contributed by atoms with Crippen LogP contribution in [0.1, 0.15) is 24.5 Å². The van der Waals surface area contributed by atoms with E-state index in [1.165, 1.54) is 0 Å². The zero-order valence-electron chi connectivity index (χ0n) is 9.86. The molecule has 3 N–H and O–H groups in total. The highest BCUT2D eigenvalue weighted by atomic mass is 16.4. The Kier molecular flexibility index (Phi) is 4.07. The third-order valence-corrected chi connectivity index (χ3v) is 3.31. The van der Waals surface area contributed by atoms with Crippen LogP contribution in [0.25, 0.3) is 0 Å². The van der Waals surface area contributed by atoms with Crippen molar-refractivity contribution in [3.8, 4) is 0 Å². The first-order chi connectivity index (χ1) is 7.55. The molecule has 3 nitrogen and oxygen atoms in total. The number of hydrogen-bond donors (Lipinski definition) is 2. The second-order valence-corrected chi connectivity index (χ2v) is 4.25. The lowest BCUT2D eigenvalue weighted by Gasteiger charge is -2.27. The minimum Gasteiger partial charge on any atom is -0.481 e. The summed E-state index contributed by atoms with van der Waals surface area (Å²) >= 11 is 0. The van der Waals surface area contributed by atoms with Crippen molar-refractivity contribution in [2.75, 3.05) is 6.54 Å². The van der Waals surface area contributed by atoms with Gasteiger partial charge in [-0.05, 0) is 30.9 Å². The molecule has 0 spiro atoms. The zero-order chi connectivity index (χ0) is 12.2. The van der Waals surface area contributed by atoms with Gasteiger partial charge in [-0.3, -0.25) is 4.79 Å². The number of benzene rings is 1. The Morgan fingerprint density at radius 3 is 2.50 bits per heavy atom. The predicted octanol–water partition coefficient (Wildman–Crippen LogP) is 1.98. The van der Waals surface area contributed by atoms with Gasteiger partial charge in [-0.1, -0.05) is 31.2 Å². The van der Waals surface area contributed by atoms with E-state index in [9.17, 15) is 9.90 Å². The average molecular weight is 221 g/mol. The second kappa shape index (κ2) is 5.12. The molecule has 16 heavy (non-hydrogen) atoms. The van der Waals surface area contributed by atoms with E-state index < -0.39 is 11.4 Å². The molecule has 0 aliphatic heterocycles. The summed E-state index contributed by atoms with van der Waals surface area (Å²) in [5, 5.41) is 9.30. The van der Waals surface area contributed by atoms with Crippen LogP contribution in [0.2, 0.25) is 0 Å². The molecule has 1 rings (SSSR count). The summed E-state index contributed by atoms with van der Waals surface area (Å²) in [6.45, 7) is 4.04. The zero-order valence-corrected chi connectivity index (χ0v) is 9.86. The van der Waals surface area contributed by atoms with Crippen molar-refractivity contribution in [3.05, 3.63) is 35.4 Å². The van der Waals surface area contributed by atoms with Crippen molar-refractivity contribution in [3.63, 3.8) is 0 Å². The fourth-order valence-electron chi connectivity index (χ4n) is 1.83. The SMILES string of the molecule is CCC(CN)(Cc1ccccc1C)C(=O)O. The Bertz CT molecular complexity index is 370. The number of nitrogens with two attached hydrogens (primary N) is 1. The van der Waals surface area contributed by atoms with Gasteiger partial charge in [-0.25, -0.2) is 0 Å².